The number of ether oxygens (including phenoxy) is 5. The fraction of sp³-hybridized carbons (Fsp3) is 0.500. The van der Waals surface area contributed by atoms with Gasteiger partial charge in [0.25, 0.3) is 0 Å². The molecule has 1 aromatic rings. The quantitative estimate of drug-likeness (QED) is 0.425. The lowest BCUT2D eigenvalue weighted by atomic mass is 10.0. The molecule has 35 heavy (non-hydrogen) atoms. The number of rotatable bonds is 8. The molecule has 1 atom stereocenters. The molecule has 11 heteroatoms. The van der Waals surface area contributed by atoms with Gasteiger partial charge in [0, 0.05) is 12.1 Å². The Labute approximate surface area is 204 Å². The van der Waals surface area contributed by atoms with E-state index in [1.807, 2.05) is 0 Å². The number of amides is 1. The fourth-order valence-electron chi connectivity index (χ4n) is 3.28. The van der Waals surface area contributed by atoms with Crippen LogP contribution in [-0.4, -0.2) is 69.8 Å². The molecule has 2 rings (SSSR count). The number of benzene rings is 1. The molecule has 0 saturated heterocycles. The zero-order valence-electron chi connectivity index (χ0n) is 20.8. The zero-order valence-corrected chi connectivity index (χ0v) is 20.8. The maximum atomic E-state index is 12.4. The van der Waals surface area contributed by atoms with E-state index in [1.54, 1.807) is 52.0 Å². The number of carbonyl (C=O) groups is 4. The number of anilines is 1. The highest BCUT2D eigenvalue weighted by atomic mass is 16.6. The van der Waals surface area contributed by atoms with Crippen LogP contribution in [0.15, 0.2) is 35.5 Å². The van der Waals surface area contributed by atoms with Gasteiger partial charge in [0.15, 0.2) is 0 Å². The van der Waals surface area contributed by atoms with E-state index in [0.717, 1.165) is 0 Å². The van der Waals surface area contributed by atoms with Crippen molar-refractivity contribution in [2.75, 3.05) is 39.1 Å². The SMILES string of the molecule is CCOC(=O)C(Cc1ccc(N2COCC(C(=O)OC)=C2C(=O)OC)cc1)NC(=O)OC(C)(C)C. The lowest BCUT2D eigenvalue weighted by molar-refractivity contribution is -0.145. The maximum Gasteiger partial charge on any atom is 0.408 e. The van der Waals surface area contributed by atoms with E-state index in [4.69, 9.17) is 23.7 Å². The van der Waals surface area contributed by atoms with Crippen LogP contribution in [0.1, 0.15) is 33.3 Å². The molecule has 0 aliphatic carbocycles. The summed E-state index contributed by atoms with van der Waals surface area (Å²) < 4.78 is 25.4. The highest BCUT2D eigenvalue weighted by Gasteiger charge is 2.32. The van der Waals surface area contributed by atoms with Gasteiger partial charge in [-0.15, -0.1) is 0 Å². The van der Waals surface area contributed by atoms with Crippen molar-refractivity contribution in [3.63, 3.8) is 0 Å². The molecule has 1 unspecified atom stereocenters. The van der Waals surface area contributed by atoms with Crippen LogP contribution >= 0.6 is 0 Å². The first-order valence-electron chi connectivity index (χ1n) is 11.0. The number of methoxy groups -OCH3 is 2. The molecular weight excluding hydrogens is 460 g/mol. The first-order valence-corrected chi connectivity index (χ1v) is 11.0. The number of nitrogens with zero attached hydrogens (tertiary/aromatic N) is 1. The smallest absolute Gasteiger partial charge is 0.408 e. The molecule has 1 amide bonds. The molecule has 0 fully saturated rings. The van der Waals surface area contributed by atoms with Crippen molar-refractivity contribution in [1.29, 1.82) is 0 Å². The van der Waals surface area contributed by atoms with Gasteiger partial charge in [-0.1, -0.05) is 12.1 Å². The standard InChI is InChI=1S/C24H32N2O9/c1-7-34-21(28)18(25-23(30)35-24(2,3)4)12-15-8-10-16(11-9-15)26-14-33-13-17(20(27)31-5)19(26)22(29)32-6/h8-11,18H,7,12-14H2,1-6H3,(H,25,30). The molecule has 1 heterocycles. The molecule has 1 aromatic carbocycles. The predicted octanol–water partition coefficient (Wildman–Crippen LogP) is 2.08. The Bertz CT molecular complexity index is 964. The van der Waals surface area contributed by atoms with Crippen LogP contribution in [-0.2, 0) is 44.5 Å². The average Bonchev–Trinajstić information content (AvgIpc) is 2.81. The molecule has 0 spiro atoms. The van der Waals surface area contributed by atoms with E-state index in [-0.39, 0.29) is 37.6 Å². The minimum atomic E-state index is -0.967. The third-order valence-electron chi connectivity index (χ3n) is 4.78. The molecule has 1 N–H and O–H groups in total. The topological polar surface area (TPSA) is 130 Å². The fourth-order valence-corrected chi connectivity index (χ4v) is 3.28. The highest BCUT2D eigenvalue weighted by molar-refractivity contribution is 6.03. The molecule has 0 saturated carbocycles. The molecule has 11 nitrogen and oxygen atoms in total. The van der Waals surface area contributed by atoms with Gasteiger partial charge in [0.05, 0.1) is 33.0 Å². The molecule has 192 valence electrons. The molecule has 0 radical (unpaired) electrons. The molecule has 0 bridgehead atoms. The third kappa shape index (κ3) is 7.71. The summed E-state index contributed by atoms with van der Waals surface area (Å²) >= 11 is 0. The Morgan fingerprint density at radius 2 is 1.69 bits per heavy atom. The third-order valence-corrected chi connectivity index (χ3v) is 4.78. The number of alkyl carbamates (subject to hydrolysis) is 1. The van der Waals surface area contributed by atoms with Gasteiger partial charge >= 0.3 is 24.0 Å². The Balaban J connectivity index is 2.27. The normalized spacial score (nSPS) is 14.6. The van der Waals surface area contributed by atoms with Crippen LogP contribution in [0.5, 0.6) is 0 Å². The predicted molar refractivity (Wildman–Crippen MR) is 124 cm³/mol. The van der Waals surface area contributed by atoms with Crippen molar-refractivity contribution >= 4 is 29.7 Å². The second-order valence-corrected chi connectivity index (χ2v) is 8.54. The summed E-state index contributed by atoms with van der Waals surface area (Å²) in [6, 6.07) is 5.86. The number of carbonyl (C=O) groups excluding carboxylic acids is 4. The summed E-state index contributed by atoms with van der Waals surface area (Å²) in [5.74, 6) is -2.00. The minimum absolute atomic E-state index is 0.00985. The summed E-state index contributed by atoms with van der Waals surface area (Å²) in [5, 5.41) is 2.55. The van der Waals surface area contributed by atoms with E-state index >= 15 is 0 Å². The van der Waals surface area contributed by atoms with Gasteiger partial charge in [0.1, 0.15) is 24.1 Å². The number of nitrogens with one attached hydrogen (secondary N) is 1. The monoisotopic (exact) mass is 492 g/mol. The van der Waals surface area contributed by atoms with Crippen LogP contribution in [0.4, 0.5) is 10.5 Å². The summed E-state index contributed by atoms with van der Waals surface area (Å²) in [5.41, 5.74) is 0.587. The summed E-state index contributed by atoms with van der Waals surface area (Å²) in [6.45, 7) is 6.91. The van der Waals surface area contributed by atoms with Crippen LogP contribution in [0.3, 0.4) is 0 Å². The van der Waals surface area contributed by atoms with Gasteiger partial charge in [-0.3, -0.25) is 0 Å². The van der Waals surface area contributed by atoms with E-state index in [0.29, 0.717) is 11.3 Å². The van der Waals surface area contributed by atoms with Crippen LogP contribution in [0.2, 0.25) is 0 Å². The first kappa shape index (κ1) is 27.6. The van der Waals surface area contributed by atoms with E-state index in [2.05, 4.69) is 5.32 Å². The Morgan fingerprint density at radius 1 is 1.06 bits per heavy atom. The van der Waals surface area contributed by atoms with Crippen molar-refractivity contribution in [2.45, 2.75) is 45.8 Å². The van der Waals surface area contributed by atoms with Crippen LogP contribution in [0, 0.1) is 0 Å². The zero-order chi connectivity index (χ0) is 26.2. The van der Waals surface area contributed by atoms with Crippen LogP contribution < -0.4 is 10.2 Å². The Morgan fingerprint density at radius 3 is 2.23 bits per heavy atom. The first-order chi connectivity index (χ1) is 16.5. The van der Waals surface area contributed by atoms with Crippen LogP contribution in [0.25, 0.3) is 0 Å². The summed E-state index contributed by atoms with van der Waals surface area (Å²) in [7, 11) is 2.43. The Kier molecular flexibility index (Phi) is 9.64. The molecule has 0 aromatic heterocycles. The Hall–Kier alpha value is -3.60. The number of esters is 3. The summed E-state index contributed by atoms with van der Waals surface area (Å²) in [4.78, 5) is 50.7. The van der Waals surface area contributed by atoms with Crippen molar-refractivity contribution in [3.8, 4) is 0 Å². The van der Waals surface area contributed by atoms with Gasteiger partial charge in [-0.25, -0.2) is 19.2 Å². The number of hydrogen-bond acceptors (Lipinski definition) is 10. The number of hydrogen-bond donors (Lipinski definition) is 1. The molecular formula is C24H32N2O9. The molecule has 1 aliphatic rings. The highest BCUT2D eigenvalue weighted by Crippen LogP contribution is 2.27. The van der Waals surface area contributed by atoms with Crippen molar-refractivity contribution < 1.29 is 42.9 Å². The van der Waals surface area contributed by atoms with Crippen molar-refractivity contribution in [1.82, 2.24) is 5.32 Å². The van der Waals surface area contributed by atoms with Crippen molar-refractivity contribution in [2.24, 2.45) is 0 Å². The second-order valence-electron chi connectivity index (χ2n) is 8.54. The van der Waals surface area contributed by atoms with Gasteiger partial charge in [0.2, 0.25) is 0 Å². The average molecular weight is 493 g/mol. The van der Waals surface area contributed by atoms with E-state index < -0.39 is 35.6 Å². The largest absolute Gasteiger partial charge is 0.466 e. The van der Waals surface area contributed by atoms with E-state index in [9.17, 15) is 19.2 Å². The second kappa shape index (κ2) is 12.2. The minimum Gasteiger partial charge on any atom is -0.466 e. The lowest BCUT2D eigenvalue weighted by Crippen LogP contribution is -2.45. The van der Waals surface area contributed by atoms with Gasteiger partial charge in [-0.05, 0) is 45.4 Å². The summed E-state index contributed by atoms with van der Waals surface area (Å²) in [6.07, 6.45) is -0.594. The van der Waals surface area contributed by atoms with Crippen molar-refractivity contribution in [3.05, 3.63) is 41.1 Å². The van der Waals surface area contributed by atoms with Gasteiger partial charge in [-0.2, -0.15) is 0 Å². The van der Waals surface area contributed by atoms with E-state index in [1.165, 1.54) is 19.1 Å². The maximum absolute atomic E-state index is 12.4. The molecule has 1 aliphatic heterocycles. The lowest BCUT2D eigenvalue weighted by Gasteiger charge is -2.31. The van der Waals surface area contributed by atoms with Gasteiger partial charge < -0.3 is 33.9 Å².